The normalized spacial score (nSPS) is 22.9. The molecular formula is C16H18N2O2. The van der Waals surface area contributed by atoms with Crippen LogP contribution in [0.1, 0.15) is 25.0 Å². The van der Waals surface area contributed by atoms with Gasteiger partial charge in [0.25, 0.3) is 0 Å². The van der Waals surface area contributed by atoms with Gasteiger partial charge in [0.1, 0.15) is 18.4 Å². The molecule has 104 valence electrons. The molecule has 3 N–H and O–H groups in total. The highest BCUT2D eigenvalue weighted by atomic mass is 16.5. The highest BCUT2D eigenvalue weighted by molar-refractivity contribution is 5.91. The molecule has 1 unspecified atom stereocenters. The zero-order chi connectivity index (χ0) is 14.3. The van der Waals surface area contributed by atoms with E-state index in [9.17, 15) is 5.11 Å². The van der Waals surface area contributed by atoms with Crippen LogP contribution in [-0.2, 0) is 5.60 Å². The molecule has 4 heteroatoms. The van der Waals surface area contributed by atoms with E-state index in [0.29, 0.717) is 6.61 Å². The lowest BCUT2D eigenvalue weighted by Gasteiger charge is -2.20. The van der Waals surface area contributed by atoms with E-state index in [2.05, 4.69) is 4.99 Å². The molecule has 3 rings (SSSR count). The van der Waals surface area contributed by atoms with Crippen LogP contribution < -0.4 is 10.5 Å². The first-order chi connectivity index (χ1) is 9.50. The predicted octanol–water partition coefficient (Wildman–Crippen LogP) is 1.99. The molecule has 1 aromatic carbocycles. The predicted molar refractivity (Wildman–Crippen MR) is 79.7 cm³/mol. The van der Waals surface area contributed by atoms with Crippen LogP contribution in [0.15, 0.2) is 41.0 Å². The summed E-state index contributed by atoms with van der Waals surface area (Å²) in [5.74, 6) is 0.778. The van der Waals surface area contributed by atoms with Crippen LogP contribution in [0.5, 0.6) is 5.75 Å². The molecule has 20 heavy (non-hydrogen) atoms. The Balaban J connectivity index is 2.15. The molecular weight excluding hydrogens is 252 g/mol. The molecule has 0 aromatic heterocycles. The van der Waals surface area contributed by atoms with Gasteiger partial charge in [0.15, 0.2) is 0 Å². The molecule has 0 saturated heterocycles. The van der Waals surface area contributed by atoms with Gasteiger partial charge in [-0.15, -0.1) is 0 Å². The molecule has 1 atom stereocenters. The van der Waals surface area contributed by atoms with Crippen LogP contribution in [0.25, 0.3) is 5.57 Å². The second-order valence-corrected chi connectivity index (χ2v) is 5.60. The Labute approximate surface area is 118 Å². The maximum Gasteiger partial charge on any atom is 0.127 e. The summed E-state index contributed by atoms with van der Waals surface area (Å²) in [6.07, 6.45) is 5.35. The second-order valence-electron chi connectivity index (χ2n) is 5.60. The molecule has 0 amide bonds. The lowest BCUT2D eigenvalue weighted by atomic mass is 9.90. The van der Waals surface area contributed by atoms with Crippen molar-refractivity contribution in [3.05, 3.63) is 47.2 Å². The van der Waals surface area contributed by atoms with E-state index < -0.39 is 5.60 Å². The summed E-state index contributed by atoms with van der Waals surface area (Å²) in [6.45, 7) is 4.03. The van der Waals surface area contributed by atoms with Crippen molar-refractivity contribution in [2.24, 2.45) is 10.7 Å². The van der Waals surface area contributed by atoms with Crippen LogP contribution in [-0.4, -0.2) is 24.0 Å². The summed E-state index contributed by atoms with van der Waals surface area (Å²) >= 11 is 0. The minimum absolute atomic E-state index is 0.00258. The number of benzene rings is 1. The van der Waals surface area contributed by atoms with E-state index in [1.54, 1.807) is 26.3 Å². The van der Waals surface area contributed by atoms with Gasteiger partial charge < -0.3 is 15.6 Å². The van der Waals surface area contributed by atoms with Crippen molar-refractivity contribution >= 4 is 11.8 Å². The molecule has 4 nitrogen and oxygen atoms in total. The maximum atomic E-state index is 10.2. The summed E-state index contributed by atoms with van der Waals surface area (Å²) < 4.78 is 5.83. The van der Waals surface area contributed by atoms with E-state index in [-0.39, 0.29) is 6.04 Å². The third-order valence-electron chi connectivity index (χ3n) is 3.73. The van der Waals surface area contributed by atoms with Crippen LogP contribution in [0.2, 0.25) is 0 Å². The van der Waals surface area contributed by atoms with Crippen LogP contribution in [0.4, 0.5) is 0 Å². The van der Waals surface area contributed by atoms with Crippen molar-refractivity contribution in [3.8, 4) is 5.75 Å². The number of hydrogen-bond acceptors (Lipinski definition) is 4. The lowest BCUT2D eigenvalue weighted by Crippen LogP contribution is -2.15. The summed E-state index contributed by atoms with van der Waals surface area (Å²) in [7, 11) is 0. The number of nitrogens with zero attached hydrogens (tertiary/aromatic N) is 1. The molecule has 0 bridgehead atoms. The largest absolute Gasteiger partial charge is 0.490 e. The monoisotopic (exact) mass is 270 g/mol. The summed E-state index contributed by atoms with van der Waals surface area (Å²) in [6, 6.07) is 5.71. The Kier molecular flexibility index (Phi) is 2.91. The van der Waals surface area contributed by atoms with Crippen molar-refractivity contribution < 1.29 is 9.84 Å². The van der Waals surface area contributed by atoms with Gasteiger partial charge in [0.05, 0.1) is 5.60 Å². The van der Waals surface area contributed by atoms with Gasteiger partial charge in [-0.2, -0.15) is 0 Å². The van der Waals surface area contributed by atoms with Gasteiger partial charge in [-0.3, -0.25) is 4.99 Å². The number of nitrogens with two attached hydrogens (primary N) is 1. The highest BCUT2D eigenvalue weighted by Crippen LogP contribution is 2.39. The van der Waals surface area contributed by atoms with Crippen molar-refractivity contribution in [1.82, 2.24) is 0 Å². The number of hydrogen-bond donors (Lipinski definition) is 2. The quantitative estimate of drug-likeness (QED) is 0.820. The summed E-state index contributed by atoms with van der Waals surface area (Å²) in [5.41, 5.74) is 8.65. The van der Waals surface area contributed by atoms with Gasteiger partial charge in [0.2, 0.25) is 0 Å². The van der Waals surface area contributed by atoms with Gasteiger partial charge in [0, 0.05) is 23.6 Å². The molecule has 2 aliphatic rings. The number of aliphatic hydroxyl groups is 1. The number of ether oxygens (including phenoxy) is 1. The molecule has 0 saturated carbocycles. The zero-order valence-corrected chi connectivity index (χ0v) is 11.6. The van der Waals surface area contributed by atoms with E-state index in [1.807, 2.05) is 24.3 Å². The SMILES string of the molecule is CC(C)(O)c1ccc2c(c1)/C(=C/N)C1=CC=NC1CO2. The topological polar surface area (TPSA) is 67.8 Å². The molecule has 0 aliphatic carbocycles. The standard InChI is InChI=1S/C16H18N2O2/c1-16(2,19)10-3-4-15-12(7-10)13(8-17)11-5-6-18-14(11)9-20-15/h3-8,14,19H,9,17H2,1-2H3/b13-8+. The zero-order valence-electron chi connectivity index (χ0n) is 11.6. The number of aliphatic imine (C=N–C) groups is 1. The first-order valence-electron chi connectivity index (χ1n) is 6.66. The smallest absolute Gasteiger partial charge is 0.127 e. The van der Waals surface area contributed by atoms with Crippen LogP contribution >= 0.6 is 0 Å². The Bertz CT molecular complexity index is 636. The molecule has 0 radical (unpaired) electrons. The Hall–Kier alpha value is -2.07. The molecule has 1 aromatic rings. The number of allylic oxidation sites excluding steroid dienone is 1. The summed E-state index contributed by atoms with van der Waals surface area (Å²) in [5, 5.41) is 10.2. The molecule has 0 spiro atoms. The van der Waals surface area contributed by atoms with E-state index in [1.165, 1.54) is 0 Å². The Morgan fingerprint density at radius 1 is 1.45 bits per heavy atom. The molecule has 0 fully saturated rings. The van der Waals surface area contributed by atoms with Crippen molar-refractivity contribution in [2.75, 3.05) is 6.61 Å². The van der Waals surface area contributed by atoms with Crippen molar-refractivity contribution in [3.63, 3.8) is 0 Å². The highest BCUT2D eigenvalue weighted by Gasteiger charge is 2.28. The second kappa shape index (κ2) is 4.49. The van der Waals surface area contributed by atoms with Crippen molar-refractivity contribution in [2.45, 2.75) is 25.5 Å². The average Bonchev–Trinajstić information content (AvgIpc) is 2.80. The van der Waals surface area contributed by atoms with Crippen molar-refractivity contribution in [1.29, 1.82) is 0 Å². The fourth-order valence-corrected chi connectivity index (χ4v) is 2.58. The minimum atomic E-state index is -0.902. The molecule has 2 aliphatic heterocycles. The Morgan fingerprint density at radius 3 is 2.95 bits per heavy atom. The van der Waals surface area contributed by atoms with E-state index in [4.69, 9.17) is 10.5 Å². The summed E-state index contributed by atoms with van der Waals surface area (Å²) in [4.78, 5) is 4.38. The third kappa shape index (κ3) is 2.02. The van der Waals surface area contributed by atoms with Crippen LogP contribution in [0.3, 0.4) is 0 Å². The van der Waals surface area contributed by atoms with Gasteiger partial charge >= 0.3 is 0 Å². The third-order valence-corrected chi connectivity index (χ3v) is 3.73. The Morgan fingerprint density at radius 2 is 2.25 bits per heavy atom. The fraction of sp³-hybridized carbons (Fsp3) is 0.312. The van der Waals surface area contributed by atoms with E-state index >= 15 is 0 Å². The van der Waals surface area contributed by atoms with Gasteiger partial charge in [-0.05, 0) is 43.2 Å². The molecule has 2 heterocycles. The maximum absolute atomic E-state index is 10.2. The average molecular weight is 270 g/mol. The first kappa shape index (κ1) is 12.9. The van der Waals surface area contributed by atoms with Gasteiger partial charge in [-0.1, -0.05) is 6.07 Å². The number of rotatable bonds is 1. The lowest BCUT2D eigenvalue weighted by molar-refractivity contribution is 0.0785. The van der Waals surface area contributed by atoms with Crippen LogP contribution in [0, 0.1) is 0 Å². The number of fused-ring (bicyclic) bond motifs is 2. The first-order valence-corrected chi connectivity index (χ1v) is 6.66. The fourth-order valence-electron chi connectivity index (χ4n) is 2.58. The van der Waals surface area contributed by atoms with E-state index in [0.717, 1.165) is 28.0 Å². The van der Waals surface area contributed by atoms with Gasteiger partial charge in [-0.25, -0.2) is 0 Å². The minimum Gasteiger partial charge on any atom is -0.490 e.